The van der Waals surface area contributed by atoms with Crippen LogP contribution >= 0.6 is 7.75 Å². The molecular weight excluding hydrogens is 617 g/mol. The fraction of sp³-hybridized carbons (Fsp3) is 0.520. The third-order valence-electron chi connectivity index (χ3n) is 6.86. The normalized spacial score (nSPS) is 25.8. The van der Waals surface area contributed by atoms with Crippen molar-refractivity contribution in [2.75, 3.05) is 24.3 Å². The van der Waals surface area contributed by atoms with E-state index in [1.54, 1.807) is 25.1 Å². The number of hydrogen-bond donors (Lipinski definition) is 4. The number of carbonyl (C=O) groups is 1. The second-order valence-electron chi connectivity index (χ2n) is 10.2. The van der Waals surface area contributed by atoms with Gasteiger partial charge in [-0.25, -0.2) is 13.9 Å². The first-order chi connectivity index (χ1) is 20.8. The van der Waals surface area contributed by atoms with E-state index in [9.17, 15) is 27.6 Å². The number of nitrogens with zero attached hydrogens (tertiary/aromatic N) is 4. The number of anilines is 2. The molecular formula is C25H30F4N7O7P. The predicted molar refractivity (Wildman–Crippen MR) is 146 cm³/mol. The molecule has 240 valence electrons. The van der Waals surface area contributed by atoms with Gasteiger partial charge in [0.1, 0.15) is 24.0 Å². The summed E-state index contributed by atoms with van der Waals surface area (Å²) in [5.74, 6) is -0.991. The number of aromatic nitrogens is 4. The van der Waals surface area contributed by atoms with Crippen molar-refractivity contribution in [1.29, 1.82) is 0 Å². The number of para-hydroxylation sites is 1. The number of carbonyl (C=O) groups excluding carboxylic acids is 1. The van der Waals surface area contributed by atoms with E-state index >= 15 is 4.39 Å². The molecule has 3 aromatic rings. The van der Waals surface area contributed by atoms with Crippen LogP contribution in [0.5, 0.6) is 5.75 Å². The Morgan fingerprint density at radius 2 is 2.00 bits per heavy atom. The number of halogens is 4. The molecule has 0 amide bonds. The maximum atomic E-state index is 16.1. The van der Waals surface area contributed by atoms with Crippen molar-refractivity contribution in [3.8, 4) is 5.75 Å². The minimum atomic E-state index is -5.67. The van der Waals surface area contributed by atoms with Crippen molar-refractivity contribution < 1.29 is 50.5 Å². The van der Waals surface area contributed by atoms with Crippen LogP contribution in [0.1, 0.15) is 32.9 Å². The summed E-state index contributed by atoms with van der Waals surface area (Å²) in [5, 5.41) is 16.1. The number of nitrogens with one attached hydrogen (secondary N) is 2. The summed E-state index contributed by atoms with van der Waals surface area (Å²) in [7, 11) is -4.59. The van der Waals surface area contributed by atoms with Crippen molar-refractivity contribution in [2.45, 2.75) is 69.1 Å². The summed E-state index contributed by atoms with van der Waals surface area (Å²) < 4.78 is 94.6. The second-order valence-corrected chi connectivity index (χ2v) is 11.9. The number of alkyl halides is 4. The number of hydrogen-bond acceptors (Lipinski definition) is 12. The Bertz CT molecular complexity index is 1540. The molecule has 1 saturated carbocycles. The van der Waals surface area contributed by atoms with Gasteiger partial charge in [0.05, 0.1) is 19.5 Å². The van der Waals surface area contributed by atoms with Gasteiger partial charge in [-0.2, -0.15) is 28.2 Å². The van der Waals surface area contributed by atoms with Gasteiger partial charge in [-0.1, -0.05) is 18.2 Å². The van der Waals surface area contributed by atoms with Crippen molar-refractivity contribution in [1.82, 2.24) is 24.6 Å². The highest BCUT2D eigenvalue weighted by molar-refractivity contribution is 7.52. The Labute approximate surface area is 247 Å². The van der Waals surface area contributed by atoms with Gasteiger partial charge in [-0.3, -0.25) is 13.9 Å². The van der Waals surface area contributed by atoms with Crippen LogP contribution in [-0.4, -0.2) is 79.9 Å². The molecule has 3 heterocycles. The molecule has 1 saturated heterocycles. The minimum Gasteiger partial charge on any atom is -0.465 e. The molecule has 2 fully saturated rings. The molecule has 19 heteroatoms. The van der Waals surface area contributed by atoms with Gasteiger partial charge in [0, 0.05) is 6.04 Å². The lowest BCUT2D eigenvalue weighted by Crippen LogP contribution is -2.54. The summed E-state index contributed by atoms with van der Waals surface area (Å²) in [5.41, 5.74) is 1.09. The van der Waals surface area contributed by atoms with E-state index in [2.05, 4.69) is 25.4 Å². The molecule has 6 atom stereocenters. The number of aliphatic hydroxyl groups excluding tert-OH is 1. The maximum Gasteiger partial charge on any atom is 0.459 e. The highest BCUT2D eigenvalue weighted by Crippen LogP contribution is 2.53. The Morgan fingerprint density at radius 1 is 1.30 bits per heavy atom. The average molecular weight is 648 g/mol. The largest absolute Gasteiger partial charge is 0.465 e. The van der Waals surface area contributed by atoms with E-state index in [1.165, 1.54) is 19.1 Å². The second kappa shape index (κ2) is 12.1. The molecule has 0 bridgehead atoms. The fourth-order valence-electron chi connectivity index (χ4n) is 4.53. The molecule has 0 radical (unpaired) electrons. The smallest absolute Gasteiger partial charge is 0.459 e. The van der Waals surface area contributed by atoms with E-state index in [-0.39, 0.29) is 41.3 Å². The zero-order valence-electron chi connectivity index (χ0n) is 23.4. The summed E-state index contributed by atoms with van der Waals surface area (Å²) >= 11 is 0. The molecule has 1 aliphatic carbocycles. The van der Waals surface area contributed by atoms with Crippen molar-refractivity contribution in [2.24, 2.45) is 0 Å². The lowest BCUT2D eigenvalue weighted by atomic mass is 9.95. The molecule has 1 aliphatic heterocycles. The number of esters is 1. The Hall–Kier alpha value is -3.57. The highest BCUT2D eigenvalue weighted by atomic mass is 31.2. The number of aliphatic hydroxyl groups is 1. The number of nitrogens with two attached hydrogens (primary N) is 1. The molecule has 1 aromatic carbocycles. The molecule has 5 rings (SSSR count). The first kappa shape index (κ1) is 31.8. The van der Waals surface area contributed by atoms with Crippen LogP contribution in [0, 0.1) is 0 Å². The number of nitrogen functional groups attached to an aromatic ring is 1. The van der Waals surface area contributed by atoms with Crippen LogP contribution in [0.25, 0.3) is 11.2 Å². The zero-order valence-corrected chi connectivity index (χ0v) is 24.3. The molecule has 1 unspecified atom stereocenters. The van der Waals surface area contributed by atoms with Gasteiger partial charge in [0.2, 0.25) is 5.95 Å². The standard InChI is InChI=1S/C25H30F4N7O7P/c1-3-40-21(38)13(2)35-44(39,43-15-7-5-4-6-8-15)41-11-16-18(37)24(26,25(27,28)29)22(42-16)36-12-31-17-19(32-14-9-10-14)33-23(30)34-20(17)36/h4-8,12-14,16,18,22,37H,3,9-11H2,1-2H3,(H,35,39)(H3,30,32,33,34)/t13-,16-,18-,22-,24-,44?/m1/s1. The van der Waals surface area contributed by atoms with Crippen molar-refractivity contribution in [3.05, 3.63) is 36.7 Å². The molecule has 14 nitrogen and oxygen atoms in total. The lowest BCUT2D eigenvalue weighted by Gasteiger charge is -2.31. The lowest BCUT2D eigenvalue weighted by molar-refractivity contribution is -0.273. The maximum absolute atomic E-state index is 16.1. The first-order valence-corrected chi connectivity index (χ1v) is 15.1. The summed E-state index contributed by atoms with van der Waals surface area (Å²) in [6, 6.07) is 6.34. The van der Waals surface area contributed by atoms with Crippen LogP contribution in [-0.2, 0) is 23.4 Å². The van der Waals surface area contributed by atoms with Crippen molar-refractivity contribution >= 4 is 36.6 Å². The van der Waals surface area contributed by atoms with Crippen LogP contribution < -0.4 is 20.7 Å². The number of fused-ring (bicyclic) bond motifs is 1. The van der Waals surface area contributed by atoms with Gasteiger partial charge in [0.25, 0.3) is 5.67 Å². The van der Waals surface area contributed by atoms with Gasteiger partial charge in [-0.15, -0.1) is 0 Å². The van der Waals surface area contributed by atoms with Crippen LogP contribution in [0.4, 0.5) is 29.3 Å². The monoisotopic (exact) mass is 647 g/mol. The topological polar surface area (TPSA) is 185 Å². The SMILES string of the molecule is CCOC(=O)[C@@H](C)NP(=O)(OC[C@H]1O[C@@H](n2cnc3c(NC4CC4)nc(N)nc32)[C@@](F)(C(F)(F)F)[C@@H]1O)Oc1ccccc1. The number of ether oxygens (including phenoxy) is 2. The summed E-state index contributed by atoms with van der Waals surface area (Å²) in [4.78, 5) is 24.2. The highest BCUT2D eigenvalue weighted by Gasteiger charge is 2.73. The van der Waals surface area contributed by atoms with Gasteiger partial charge < -0.3 is 30.2 Å². The van der Waals surface area contributed by atoms with Gasteiger partial charge in [0.15, 0.2) is 23.2 Å². The predicted octanol–water partition coefficient (Wildman–Crippen LogP) is 3.26. The van der Waals surface area contributed by atoms with E-state index in [1.807, 2.05) is 0 Å². The van der Waals surface area contributed by atoms with Crippen LogP contribution in [0.3, 0.4) is 0 Å². The Morgan fingerprint density at radius 3 is 2.64 bits per heavy atom. The molecule has 2 aliphatic rings. The molecule has 44 heavy (non-hydrogen) atoms. The van der Waals surface area contributed by atoms with E-state index in [0.29, 0.717) is 4.57 Å². The Balaban J connectivity index is 1.44. The molecule has 0 spiro atoms. The van der Waals surface area contributed by atoms with Crippen molar-refractivity contribution in [3.63, 3.8) is 0 Å². The zero-order chi connectivity index (χ0) is 31.9. The third kappa shape index (κ3) is 6.30. The van der Waals surface area contributed by atoms with E-state index in [4.69, 9.17) is 24.3 Å². The Kier molecular flexibility index (Phi) is 8.74. The number of rotatable bonds is 12. The fourth-order valence-corrected chi connectivity index (χ4v) is 6.03. The minimum absolute atomic E-state index is 0.00586. The average Bonchev–Trinajstić information content (AvgIpc) is 3.61. The van der Waals surface area contributed by atoms with Crippen LogP contribution in [0.2, 0.25) is 0 Å². The van der Waals surface area contributed by atoms with Crippen LogP contribution in [0.15, 0.2) is 36.7 Å². The quantitative estimate of drug-likeness (QED) is 0.128. The molecule has 5 N–H and O–H groups in total. The number of benzene rings is 1. The van der Waals surface area contributed by atoms with E-state index < -0.39 is 56.6 Å². The van der Waals surface area contributed by atoms with Gasteiger partial charge in [-0.05, 0) is 38.8 Å². The van der Waals surface area contributed by atoms with Gasteiger partial charge >= 0.3 is 19.9 Å². The molecule has 2 aromatic heterocycles. The third-order valence-corrected chi connectivity index (χ3v) is 8.50. The van der Waals surface area contributed by atoms with E-state index in [0.717, 1.165) is 19.2 Å². The summed E-state index contributed by atoms with van der Waals surface area (Å²) in [6.07, 6.45) is -10.6. The number of imidazole rings is 1. The summed E-state index contributed by atoms with van der Waals surface area (Å²) in [6.45, 7) is 1.78. The first-order valence-electron chi connectivity index (χ1n) is 13.5.